The second kappa shape index (κ2) is 6.78. The van der Waals surface area contributed by atoms with Crippen molar-refractivity contribution in [1.82, 2.24) is 20.4 Å². The van der Waals surface area contributed by atoms with Gasteiger partial charge in [-0.3, -0.25) is 9.48 Å². The molecule has 3 heterocycles. The first kappa shape index (κ1) is 15.6. The van der Waals surface area contributed by atoms with Crippen LogP contribution in [-0.2, 0) is 18.4 Å². The molecule has 1 amide bonds. The van der Waals surface area contributed by atoms with Crippen LogP contribution in [0.3, 0.4) is 0 Å². The molecule has 6 nitrogen and oxygen atoms in total. The lowest BCUT2D eigenvalue weighted by atomic mass is 9.90. The van der Waals surface area contributed by atoms with Gasteiger partial charge in [-0.25, -0.2) is 0 Å². The quantitative estimate of drug-likeness (QED) is 0.885. The Kier molecular flexibility index (Phi) is 5.03. The van der Waals surface area contributed by atoms with Crippen LogP contribution in [-0.4, -0.2) is 28.8 Å². The van der Waals surface area contributed by atoms with Gasteiger partial charge in [-0.2, -0.15) is 5.10 Å². The molecule has 0 saturated carbocycles. The molecule has 3 rings (SSSR count). The number of halogens is 1. The van der Waals surface area contributed by atoms with Crippen molar-refractivity contribution in [3.63, 3.8) is 0 Å². The number of nitrogens with one attached hydrogen (secondary N) is 2. The van der Waals surface area contributed by atoms with Crippen LogP contribution in [0.1, 0.15) is 17.2 Å². The summed E-state index contributed by atoms with van der Waals surface area (Å²) in [6.45, 7) is 1.94. The Balaban J connectivity index is 0.00000161. The summed E-state index contributed by atoms with van der Waals surface area (Å²) in [5.74, 6) is 0.942. The molecule has 1 saturated heterocycles. The third-order valence-corrected chi connectivity index (χ3v) is 3.72. The van der Waals surface area contributed by atoms with E-state index < -0.39 is 0 Å². The average Bonchev–Trinajstić information content (AvgIpc) is 3.16. The minimum absolute atomic E-state index is 0. The number of hydrogen-bond acceptors (Lipinski definition) is 4. The number of rotatable bonds is 4. The molecule has 2 N–H and O–H groups in total. The van der Waals surface area contributed by atoms with Crippen molar-refractivity contribution in [1.29, 1.82) is 0 Å². The van der Waals surface area contributed by atoms with Gasteiger partial charge >= 0.3 is 0 Å². The highest BCUT2D eigenvalue weighted by atomic mass is 35.5. The molecular formula is C14H19ClN4O2. The van der Waals surface area contributed by atoms with E-state index in [0.29, 0.717) is 13.1 Å². The standard InChI is InChI=1S/C14H18N4O2.ClH/c1-18-9-10(5-17-18)12-7-15-8-13(12)14(19)16-6-11-3-2-4-20-11;/h2-5,9,12-13,15H,6-8H2,1H3,(H,16,19);1H/t12-,13+;/m1./s1. The van der Waals surface area contributed by atoms with Gasteiger partial charge in [0.25, 0.3) is 0 Å². The van der Waals surface area contributed by atoms with E-state index in [1.165, 1.54) is 0 Å². The van der Waals surface area contributed by atoms with Crippen LogP contribution in [0.25, 0.3) is 0 Å². The largest absolute Gasteiger partial charge is 0.467 e. The fraction of sp³-hybridized carbons (Fsp3) is 0.429. The van der Waals surface area contributed by atoms with E-state index in [2.05, 4.69) is 15.7 Å². The third kappa shape index (κ3) is 3.46. The summed E-state index contributed by atoms with van der Waals surface area (Å²) < 4.78 is 6.99. The highest BCUT2D eigenvalue weighted by Gasteiger charge is 2.34. The van der Waals surface area contributed by atoms with Gasteiger partial charge in [0.15, 0.2) is 0 Å². The van der Waals surface area contributed by atoms with Crippen molar-refractivity contribution >= 4 is 18.3 Å². The van der Waals surface area contributed by atoms with E-state index >= 15 is 0 Å². The van der Waals surface area contributed by atoms with Crippen molar-refractivity contribution in [2.24, 2.45) is 13.0 Å². The lowest BCUT2D eigenvalue weighted by Gasteiger charge is -2.16. The molecule has 2 aromatic rings. The van der Waals surface area contributed by atoms with Gasteiger partial charge in [0.1, 0.15) is 5.76 Å². The van der Waals surface area contributed by atoms with Crippen molar-refractivity contribution in [2.45, 2.75) is 12.5 Å². The number of aromatic nitrogens is 2. The number of carbonyl (C=O) groups excluding carboxylic acids is 1. The SMILES string of the molecule is Cl.Cn1cc([C@H]2CNC[C@@H]2C(=O)NCc2ccco2)cn1. The maximum absolute atomic E-state index is 12.3. The lowest BCUT2D eigenvalue weighted by molar-refractivity contribution is -0.125. The number of hydrogen-bond donors (Lipinski definition) is 2. The molecule has 0 spiro atoms. The molecule has 0 aliphatic carbocycles. The molecule has 0 radical (unpaired) electrons. The zero-order valence-corrected chi connectivity index (χ0v) is 12.6. The van der Waals surface area contributed by atoms with Crippen molar-refractivity contribution in [3.8, 4) is 0 Å². The van der Waals surface area contributed by atoms with Gasteiger partial charge < -0.3 is 15.1 Å². The molecule has 0 unspecified atom stereocenters. The monoisotopic (exact) mass is 310 g/mol. The first-order valence-electron chi connectivity index (χ1n) is 6.73. The normalized spacial score (nSPS) is 21.0. The second-order valence-electron chi connectivity index (χ2n) is 5.12. The van der Waals surface area contributed by atoms with Gasteiger partial charge in [-0.05, 0) is 17.7 Å². The first-order valence-corrected chi connectivity index (χ1v) is 6.73. The van der Waals surface area contributed by atoms with Gasteiger partial charge in [0, 0.05) is 32.3 Å². The summed E-state index contributed by atoms with van der Waals surface area (Å²) in [7, 11) is 1.89. The van der Waals surface area contributed by atoms with Crippen LogP contribution in [0.5, 0.6) is 0 Å². The van der Waals surface area contributed by atoms with E-state index in [1.807, 2.05) is 31.6 Å². The second-order valence-corrected chi connectivity index (χ2v) is 5.12. The smallest absolute Gasteiger partial charge is 0.225 e. The molecule has 21 heavy (non-hydrogen) atoms. The predicted octanol–water partition coefficient (Wildman–Crippen LogP) is 1.05. The highest BCUT2D eigenvalue weighted by molar-refractivity contribution is 5.85. The first-order chi connectivity index (χ1) is 9.74. The zero-order chi connectivity index (χ0) is 13.9. The molecule has 7 heteroatoms. The Labute approximate surface area is 129 Å². The maximum Gasteiger partial charge on any atom is 0.225 e. The Morgan fingerprint density at radius 2 is 2.43 bits per heavy atom. The van der Waals surface area contributed by atoms with E-state index in [-0.39, 0.29) is 30.2 Å². The molecular weight excluding hydrogens is 292 g/mol. The number of nitrogens with zero attached hydrogens (tertiary/aromatic N) is 2. The molecule has 0 bridgehead atoms. The van der Waals surface area contributed by atoms with E-state index in [0.717, 1.165) is 17.9 Å². The van der Waals surface area contributed by atoms with Crippen LogP contribution in [0.15, 0.2) is 35.2 Å². The van der Waals surface area contributed by atoms with Crippen LogP contribution >= 0.6 is 12.4 Å². The maximum atomic E-state index is 12.3. The van der Waals surface area contributed by atoms with E-state index in [4.69, 9.17) is 4.42 Å². The van der Waals surface area contributed by atoms with Crippen LogP contribution in [0.4, 0.5) is 0 Å². The Morgan fingerprint density at radius 3 is 3.10 bits per heavy atom. The summed E-state index contributed by atoms with van der Waals surface area (Å²) in [6, 6.07) is 3.67. The van der Waals surface area contributed by atoms with Crippen LogP contribution < -0.4 is 10.6 Å². The Bertz CT molecular complexity index is 582. The number of furan rings is 1. The van der Waals surface area contributed by atoms with Gasteiger partial charge in [0.2, 0.25) is 5.91 Å². The topological polar surface area (TPSA) is 72.1 Å². The lowest BCUT2D eigenvalue weighted by Crippen LogP contribution is -2.33. The predicted molar refractivity (Wildman–Crippen MR) is 80.1 cm³/mol. The molecule has 2 aromatic heterocycles. The fourth-order valence-corrected chi connectivity index (χ4v) is 2.65. The van der Waals surface area contributed by atoms with Crippen LogP contribution in [0, 0.1) is 5.92 Å². The zero-order valence-electron chi connectivity index (χ0n) is 11.8. The molecule has 1 aliphatic rings. The number of carbonyl (C=O) groups is 1. The summed E-state index contributed by atoms with van der Waals surface area (Å²) in [5, 5.41) is 10.4. The fourth-order valence-electron chi connectivity index (χ4n) is 2.65. The number of aryl methyl sites for hydroxylation is 1. The van der Waals surface area contributed by atoms with Gasteiger partial charge in [-0.15, -0.1) is 12.4 Å². The molecule has 0 aromatic carbocycles. The molecule has 114 valence electrons. The summed E-state index contributed by atoms with van der Waals surface area (Å²) in [4.78, 5) is 12.3. The van der Waals surface area contributed by atoms with Crippen molar-refractivity contribution in [2.75, 3.05) is 13.1 Å². The summed E-state index contributed by atoms with van der Waals surface area (Å²) >= 11 is 0. The molecule has 2 atom stereocenters. The van der Waals surface area contributed by atoms with Crippen LogP contribution in [0.2, 0.25) is 0 Å². The van der Waals surface area contributed by atoms with Crippen molar-refractivity contribution < 1.29 is 9.21 Å². The molecule has 1 aliphatic heterocycles. The highest BCUT2D eigenvalue weighted by Crippen LogP contribution is 2.27. The molecule has 1 fully saturated rings. The Hall–Kier alpha value is -1.79. The summed E-state index contributed by atoms with van der Waals surface area (Å²) in [6.07, 6.45) is 5.42. The Morgan fingerprint density at radius 1 is 1.57 bits per heavy atom. The number of amides is 1. The van der Waals surface area contributed by atoms with Gasteiger partial charge in [-0.1, -0.05) is 0 Å². The van der Waals surface area contributed by atoms with E-state index in [9.17, 15) is 4.79 Å². The third-order valence-electron chi connectivity index (χ3n) is 3.72. The van der Waals surface area contributed by atoms with Crippen molar-refractivity contribution in [3.05, 3.63) is 42.1 Å². The minimum atomic E-state index is -0.0610. The minimum Gasteiger partial charge on any atom is -0.467 e. The summed E-state index contributed by atoms with van der Waals surface area (Å²) in [5.41, 5.74) is 1.11. The average molecular weight is 311 g/mol. The van der Waals surface area contributed by atoms with Gasteiger partial charge in [0.05, 0.1) is 24.9 Å². The van der Waals surface area contributed by atoms with E-state index in [1.54, 1.807) is 10.9 Å².